The fourth-order valence-corrected chi connectivity index (χ4v) is 6.68. The Morgan fingerprint density at radius 3 is 0.984 bits per heavy atom. The van der Waals surface area contributed by atoms with Crippen LogP contribution in [0, 0.1) is 0 Å². The molecule has 354 valence electrons. The fourth-order valence-electron chi connectivity index (χ4n) is 6.68. The number of carbonyl (C=O) groups excluding carboxylic acids is 3. The van der Waals surface area contributed by atoms with Crippen molar-refractivity contribution < 1.29 is 28.6 Å². The Kier molecular flexibility index (Phi) is 47.5. The molecule has 0 radical (unpaired) electrons. The van der Waals surface area contributed by atoms with E-state index in [1.807, 2.05) is 0 Å². The molecule has 1 atom stereocenters. The summed E-state index contributed by atoms with van der Waals surface area (Å²) in [5.41, 5.74) is 0. The van der Waals surface area contributed by atoms with Gasteiger partial charge in [-0.3, -0.25) is 14.4 Å². The van der Waals surface area contributed by atoms with Crippen LogP contribution in [0.4, 0.5) is 0 Å². The maximum absolute atomic E-state index is 12.8. The molecule has 0 heterocycles. The third-order valence-electron chi connectivity index (χ3n) is 10.6. The first kappa shape index (κ1) is 58.6. The van der Waals surface area contributed by atoms with E-state index in [1.165, 1.54) is 96.3 Å². The first-order chi connectivity index (χ1) is 30.5. The Balaban J connectivity index is 4.53. The molecule has 0 aromatic carbocycles. The zero-order valence-electron chi connectivity index (χ0n) is 40.4. The van der Waals surface area contributed by atoms with E-state index in [-0.39, 0.29) is 37.5 Å². The van der Waals surface area contributed by atoms with Crippen LogP contribution in [0.3, 0.4) is 0 Å². The van der Waals surface area contributed by atoms with Crippen LogP contribution in [0.15, 0.2) is 85.1 Å². The first-order valence-electron chi connectivity index (χ1n) is 25.6. The highest BCUT2D eigenvalue weighted by Crippen LogP contribution is 2.12. The predicted octanol–water partition coefficient (Wildman–Crippen LogP) is 16.8. The number of allylic oxidation sites excluding steroid dienone is 14. The highest BCUT2D eigenvalue weighted by molar-refractivity contribution is 5.71. The van der Waals surface area contributed by atoms with Gasteiger partial charge in [-0.15, -0.1) is 0 Å². The minimum absolute atomic E-state index is 0.109. The van der Waals surface area contributed by atoms with Crippen molar-refractivity contribution in [3.8, 4) is 0 Å². The molecule has 0 bridgehead atoms. The van der Waals surface area contributed by atoms with Crippen molar-refractivity contribution >= 4 is 17.9 Å². The molecular weight excluding hydrogens is 769 g/mol. The highest BCUT2D eigenvalue weighted by atomic mass is 16.6. The molecule has 0 rings (SSSR count). The van der Waals surface area contributed by atoms with Gasteiger partial charge in [0.05, 0.1) is 0 Å². The van der Waals surface area contributed by atoms with E-state index in [2.05, 4.69) is 106 Å². The summed E-state index contributed by atoms with van der Waals surface area (Å²) < 4.78 is 16.7. The second-order valence-electron chi connectivity index (χ2n) is 16.7. The molecule has 0 aliphatic heterocycles. The smallest absolute Gasteiger partial charge is 0.306 e. The molecule has 0 unspecified atom stereocenters. The van der Waals surface area contributed by atoms with Gasteiger partial charge in [0, 0.05) is 19.3 Å². The van der Waals surface area contributed by atoms with Crippen LogP contribution in [0.1, 0.15) is 233 Å². The van der Waals surface area contributed by atoms with E-state index in [4.69, 9.17) is 14.2 Å². The van der Waals surface area contributed by atoms with Gasteiger partial charge in [-0.25, -0.2) is 0 Å². The number of ether oxygens (including phenoxy) is 3. The van der Waals surface area contributed by atoms with E-state index in [9.17, 15) is 14.4 Å². The normalized spacial score (nSPS) is 12.8. The summed E-state index contributed by atoms with van der Waals surface area (Å²) in [6.07, 6.45) is 64.2. The number of carbonyl (C=O) groups is 3. The molecule has 0 N–H and O–H groups in total. The van der Waals surface area contributed by atoms with Gasteiger partial charge in [0.25, 0.3) is 0 Å². The molecule has 0 aliphatic carbocycles. The van der Waals surface area contributed by atoms with E-state index in [1.54, 1.807) is 0 Å². The SMILES string of the molecule is CCCCC/C=C\C/C=C\C/C=C\CCCCC(=O)OC[C@@H](COC(=O)CCCCCCC/C=C\CCCCCCC)OC(=O)CCCC/C=C\C/C=C\C/C=C\CCCCC. The van der Waals surface area contributed by atoms with Crippen molar-refractivity contribution in [2.75, 3.05) is 13.2 Å². The van der Waals surface area contributed by atoms with Crippen LogP contribution >= 0.6 is 0 Å². The Hall–Kier alpha value is -3.41. The van der Waals surface area contributed by atoms with Gasteiger partial charge >= 0.3 is 17.9 Å². The summed E-state index contributed by atoms with van der Waals surface area (Å²) in [7, 11) is 0. The summed E-state index contributed by atoms with van der Waals surface area (Å²) in [6.45, 7) is 6.49. The minimum atomic E-state index is -0.815. The molecule has 6 heteroatoms. The van der Waals surface area contributed by atoms with Crippen molar-refractivity contribution in [3.05, 3.63) is 85.1 Å². The standard InChI is InChI=1S/C56H94O6/c1-4-7-10-13-16-19-22-25-28-31-34-37-40-43-46-49-55(58)61-52-53(51-60-54(57)48-45-42-39-36-33-30-27-24-21-18-15-12-9-6-3)62-56(59)50-47-44-41-38-35-32-29-26-23-20-17-14-11-8-5-2/h16-17,19-20,24-29,34-35,37-38,53H,4-15,18,21-23,30-33,36,39-52H2,1-3H3/b19-16-,20-17-,27-24-,28-25-,29-26-,37-34-,38-35-/t53-/m1/s1. The molecule has 0 aromatic rings. The van der Waals surface area contributed by atoms with Crippen LogP contribution in [-0.2, 0) is 28.6 Å². The van der Waals surface area contributed by atoms with Gasteiger partial charge in [-0.1, -0.05) is 176 Å². The molecule has 0 aliphatic rings. The lowest BCUT2D eigenvalue weighted by atomic mass is 10.1. The quantitative estimate of drug-likeness (QED) is 0.0263. The van der Waals surface area contributed by atoms with Crippen molar-refractivity contribution in [3.63, 3.8) is 0 Å². The van der Waals surface area contributed by atoms with Gasteiger partial charge < -0.3 is 14.2 Å². The van der Waals surface area contributed by atoms with Gasteiger partial charge in [0.1, 0.15) is 13.2 Å². The Labute approximate surface area is 382 Å². The molecule has 0 fully saturated rings. The van der Waals surface area contributed by atoms with E-state index in [0.29, 0.717) is 19.3 Å². The zero-order chi connectivity index (χ0) is 45.1. The Morgan fingerprint density at radius 1 is 0.323 bits per heavy atom. The van der Waals surface area contributed by atoms with E-state index < -0.39 is 6.10 Å². The van der Waals surface area contributed by atoms with Gasteiger partial charge in [-0.05, 0) is 122 Å². The zero-order valence-corrected chi connectivity index (χ0v) is 40.4. The molecule has 0 aromatic heterocycles. The van der Waals surface area contributed by atoms with Gasteiger partial charge in [0.2, 0.25) is 0 Å². The molecule has 6 nitrogen and oxygen atoms in total. The molecule has 0 saturated heterocycles. The van der Waals surface area contributed by atoms with E-state index in [0.717, 1.165) is 89.9 Å². The molecular formula is C56H94O6. The average molecular weight is 863 g/mol. The maximum atomic E-state index is 12.8. The van der Waals surface area contributed by atoms with Crippen LogP contribution < -0.4 is 0 Å². The number of hydrogen-bond donors (Lipinski definition) is 0. The molecule has 0 spiro atoms. The van der Waals surface area contributed by atoms with E-state index >= 15 is 0 Å². The molecule has 0 saturated carbocycles. The lowest BCUT2D eigenvalue weighted by Gasteiger charge is -2.18. The Morgan fingerprint density at radius 2 is 0.581 bits per heavy atom. The summed E-state index contributed by atoms with van der Waals surface area (Å²) in [5, 5.41) is 0. The van der Waals surface area contributed by atoms with Crippen LogP contribution in [0.2, 0.25) is 0 Å². The van der Waals surface area contributed by atoms with Crippen molar-refractivity contribution in [2.24, 2.45) is 0 Å². The molecule has 62 heavy (non-hydrogen) atoms. The summed E-state index contributed by atoms with van der Waals surface area (Å²) in [5.74, 6) is -0.998. The monoisotopic (exact) mass is 863 g/mol. The maximum Gasteiger partial charge on any atom is 0.306 e. The van der Waals surface area contributed by atoms with Crippen molar-refractivity contribution in [1.29, 1.82) is 0 Å². The van der Waals surface area contributed by atoms with Gasteiger partial charge in [-0.2, -0.15) is 0 Å². The Bertz CT molecular complexity index is 1220. The third kappa shape index (κ3) is 47.6. The second kappa shape index (κ2) is 50.2. The lowest BCUT2D eigenvalue weighted by molar-refractivity contribution is -0.167. The molecule has 0 amide bonds. The number of rotatable bonds is 45. The predicted molar refractivity (Wildman–Crippen MR) is 265 cm³/mol. The number of unbranched alkanes of at least 4 members (excludes halogenated alkanes) is 20. The topological polar surface area (TPSA) is 78.9 Å². The van der Waals surface area contributed by atoms with Gasteiger partial charge in [0.15, 0.2) is 6.10 Å². The number of esters is 3. The first-order valence-corrected chi connectivity index (χ1v) is 25.6. The lowest BCUT2D eigenvalue weighted by Crippen LogP contribution is -2.30. The average Bonchev–Trinajstić information content (AvgIpc) is 3.27. The summed E-state index contributed by atoms with van der Waals surface area (Å²) >= 11 is 0. The largest absolute Gasteiger partial charge is 0.462 e. The number of hydrogen-bond acceptors (Lipinski definition) is 6. The van der Waals surface area contributed by atoms with Crippen molar-refractivity contribution in [1.82, 2.24) is 0 Å². The highest BCUT2D eigenvalue weighted by Gasteiger charge is 2.19. The summed E-state index contributed by atoms with van der Waals surface area (Å²) in [4.78, 5) is 37.9. The van der Waals surface area contributed by atoms with Crippen molar-refractivity contribution in [2.45, 2.75) is 239 Å². The third-order valence-corrected chi connectivity index (χ3v) is 10.6. The second-order valence-corrected chi connectivity index (χ2v) is 16.7. The fraction of sp³-hybridized carbons (Fsp3) is 0.696. The van der Waals surface area contributed by atoms with Crippen LogP contribution in [-0.4, -0.2) is 37.2 Å². The van der Waals surface area contributed by atoms with Crippen LogP contribution in [0.5, 0.6) is 0 Å². The van der Waals surface area contributed by atoms with Crippen LogP contribution in [0.25, 0.3) is 0 Å². The minimum Gasteiger partial charge on any atom is -0.462 e. The summed E-state index contributed by atoms with van der Waals surface area (Å²) in [6, 6.07) is 0.